The van der Waals surface area contributed by atoms with Crippen LogP contribution in [0, 0.1) is 10.8 Å². The third-order valence-electron chi connectivity index (χ3n) is 5.40. The van der Waals surface area contributed by atoms with Crippen LogP contribution in [0.5, 0.6) is 0 Å². The molecular formula is C16H32N2. The minimum atomic E-state index is 0.472. The monoisotopic (exact) mass is 252 g/mol. The molecule has 2 nitrogen and oxygen atoms in total. The van der Waals surface area contributed by atoms with Crippen LogP contribution >= 0.6 is 0 Å². The molecule has 1 unspecified atom stereocenters. The molecule has 3 N–H and O–H groups in total. The van der Waals surface area contributed by atoms with E-state index >= 15 is 0 Å². The van der Waals surface area contributed by atoms with Crippen molar-refractivity contribution < 1.29 is 0 Å². The SMILES string of the molecule is CC1(C)CCC(NCCC2(CN)CCCCC2)C1. The molecule has 2 heteroatoms. The Morgan fingerprint density at radius 1 is 1.11 bits per heavy atom. The quantitative estimate of drug-likeness (QED) is 0.786. The summed E-state index contributed by atoms with van der Waals surface area (Å²) in [4.78, 5) is 0. The maximum absolute atomic E-state index is 6.05. The maximum Gasteiger partial charge on any atom is 0.00723 e. The van der Waals surface area contributed by atoms with E-state index in [1.165, 1.54) is 64.3 Å². The van der Waals surface area contributed by atoms with E-state index in [1.807, 2.05) is 0 Å². The van der Waals surface area contributed by atoms with Crippen molar-refractivity contribution in [3.8, 4) is 0 Å². The Bertz CT molecular complexity index is 254. The molecule has 0 aromatic carbocycles. The third kappa shape index (κ3) is 3.71. The topological polar surface area (TPSA) is 38.0 Å². The van der Waals surface area contributed by atoms with Gasteiger partial charge < -0.3 is 11.1 Å². The van der Waals surface area contributed by atoms with Crippen LogP contribution in [0.1, 0.15) is 71.6 Å². The average molecular weight is 252 g/mol. The number of hydrogen-bond donors (Lipinski definition) is 2. The molecular weight excluding hydrogens is 220 g/mol. The summed E-state index contributed by atoms with van der Waals surface area (Å²) in [6.45, 7) is 6.87. The molecule has 106 valence electrons. The lowest BCUT2D eigenvalue weighted by atomic mass is 9.72. The second kappa shape index (κ2) is 5.92. The van der Waals surface area contributed by atoms with Crippen LogP contribution in [-0.2, 0) is 0 Å². The molecule has 1 atom stereocenters. The molecule has 0 heterocycles. The maximum atomic E-state index is 6.05. The fraction of sp³-hybridized carbons (Fsp3) is 1.00. The molecule has 0 aromatic heterocycles. The van der Waals surface area contributed by atoms with Gasteiger partial charge in [-0.05, 0) is 62.4 Å². The van der Waals surface area contributed by atoms with Crippen molar-refractivity contribution in [2.45, 2.75) is 77.7 Å². The normalized spacial score (nSPS) is 30.5. The standard InChI is InChI=1S/C16H32N2/c1-15(2)9-6-14(12-15)18-11-10-16(13-17)7-4-3-5-8-16/h14,18H,3-13,17H2,1-2H3. The van der Waals surface area contributed by atoms with Gasteiger partial charge in [-0.3, -0.25) is 0 Å². The predicted molar refractivity (Wildman–Crippen MR) is 78.6 cm³/mol. The van der Waals surface area contributed by atoms with Gasteiger partial charge in [0.1, 0.15) is 0 Å². The highest BCUT2D eigenvalue weighted by molar-refractivity contribution is 4.88. The molecule has 0 bridgehead atoms. The molecule has 0 radical (unpaired) electrons. The van der Waals surface area contributed by atoms with Gasteiger partial charge in [0.2, 0.25) is 0 Å². The summed E-state index contributed by atoms with van der Waals surface area (Å²) >= 11 is 0. The Kier molecular flexibility index (Phi) is 4.71. The molecule has 0 saturated heterocycles. The van der Waals surface area contributed by atoms with E-state index in [0.29, 0.717) is 10.8 Å². The first kappa shape index (κ1) is 14.3. The number of hydrogen-bond acceptors (Lipinski definition) is 2. The van der Waals surface area contributed by atoms with E-state index in [-0.39, 0.29) is 0 Å². The van der Waals surface area contributed by atoms with Gasteiger partial charge in [-0.1, -0.05) is 33.1 Å². The van der Waals surface area contributed by atoms with Gasteiger partial charge in [0.15, 0.2) is 0 Å². The molecule has 0 amide bonds. The zero-order chi connectivity index (χ0) is 13.1. The lowest BCUT2D eigenvalue weighted by Crippen LogP contribution is -2.38. The molecule has 0 aromatic rings. The van der Waals surface area contributed by atoms with Crippen LogP contribution in [0.3, 0.4) is 0 Å². The Morgan fingerprint density at radius 3 is 2.39 bits per heavy atom. The van der Waals surface area contributed by atoms with Gasteiger partial charge in [0.05, 0.1) is 0 Å². The van der Waals surface area contributed by atoms with Gasteiger partial charge in [-0.15, -0.1) is 0 Å². The first-order valence-electron chi connectivity index (χ1n) is 7.99. The Hall–Kier alpha value is -0.0800. The largest absolute Gasteiger partial charge is 0.330 e. The second-order valence-corrected chi connectivity index (χ2v) is 7.57. The summed E-state index contributed by atoms with van der Waals surface area (Å²) in [5, 5.41) is 3.79. The average Bonchev–Trinajstić information content (AvgIpc) is 2.70. The minimum Gasteiger partial charge on any atom is -0.330 e. The molecule has 2 saturated carbocycles. The minimum absolute atomic E-state index is 0.472. The highest BCUT2D eigenvalue weighted by Crippen LogP contribution is 2.39. The number of rotatable bonds is 5. The Labute approximate surface area is 113 Å². The summed E-state index contributed by atoms with van der Waals surface area (Å²) in [6.07, 6.45) is 12.3. The molecule has 18 heavy (non-hydrogen) atoms. The predicted octanol–water partition coefficient (Wildman–Crippen LogP) is 3.45. The van der Waals surface area contributed by atoms with Crippen molar-refractivity contribution in [3.63, 3.8) is 0 Å². The smallest absolute Gasteiger partial charge is 0.00723 e. The van der Waals surface area contributed by atoms with E-state index in [4.69, 9.17) is 5.73 Å². The second-order valence-electron chi connectivity index (χ2n) is 7.57. The first-order chi connectivity index (χ1) is 8.55. The van der Waals surface area contributed by atoms with E-state index < -0.39 is 0 Å². The molecule has 0 aliphatic heterocycles. The lowest BCUT2D eigenvalue weighted by molar-refractivity contribution is 0.178. The van der Waals surface area contributed by atoms with Crippen molar-refractivity contribution in [2.75, 3.05) is 13.1 Å². The first-order valence-corrected chi connectivity index (χ1v) is 7.99. The van der Waals surface area contributed by atoms with Crippen molar-refractivity contribution in [3.05, 3.63) is 0 Å². The van der Waals surface area contributed by atoms with Gasteiger partial charge >= 0.3 is 0 Å². The van der Waals surface area contributed by atoms with Gasteiger partial charge in [0, 0.05) is 6.04 Å². The van der Waals surface area contributed by atoms with E-state index in [1.54, 1.807) is 0 Å². The van der Waals surface area contributed by atoms with Gasteiger partial charge in [0.25, 0.3) is 0 Å². The van der Waals surface area contributed by atoms with Crippen LogP contribution in [-0.4, -0.2) is 19.1 Å². The van der Waals surface area contributed by atoms with Crippen molar-refractivity contribution in [2.24, 2.45) is 16.6 Å². The van der Waals surface area contributed by atoms with E-state index in [0.717, 1.165) is 12.6 Å². The Balaban J connectivity index is 1.71. The van der Waals surface area contributed by atoms with Crippen LogP contribution in [0.2, 0.25) is 0 Å². The summed E-state index contributed by atoms with van der Waals surface area (Å²) < 4.78 is 0. The highest BCUT2D eigenvalue weighted by Gasteiger charge is 2.32. The molecule has 2 aliphatic rings. The van der Waals surface area contributed by atoms with E-state index in [9.17, 15) is 0 Å². The third-order valence-corrected chi connectivity index (χ3v) is 5.40. The van der Waals surface area contributed by atoms with Crippen LogP contribution in [0.4, 0.5) is 0 Å². The van der Waals surface area contributed by atoms with Crippen LogP contribution < -0.4 is 11.1 Å². The van der Waals surface area contributed by atoms with Gasteiger partial charge in [-0.25, -0.2) is 0 Å². The van der Waals surface area contributed by atoms with Crippen molar-refractivity contribution >= 4 is 0 Å². The molecule has 0 spiro atoms. The van der Waals surface area contributed by atoms with Crippen molar-refractivity contribution in [1.29, 1.82) is 0 Å². The fourth-order valence-corrected chi connectivity index (χ4v) is 4.01. The number of nitrogens with one attached hydrogen (secondary N) is 1. The van der Waals surface area contributed by atoms with Gasteiger partial charge in [-0.2, -0.15) is 0 Å². The van der Waals surface area contributed by atoms with Crippen LogP contribution in [0.15, 0.2) is 0 Å². The summed E-state index contributed by atoms with van der Waals surface area (Å²) in [5.41, 5.74) is 7.08. The molecule has 2 rings (SSSR count). The summed E-state index contributed by atoms with van der Waals surface area (Å²) in [7, 11) is 0. The zero-order valence-corrected chi connectivity index (χ0v) is 12.4. The van der Waals surface area contributed by atoms with Crippen molar-refractivity contribution in [1.82, 2.24) is 5.32 Å². The number of nitrogens with two attached hydrogens (primary N) is 1. The molecule has 2 fully saturated rings. The lowest BCUT2D eigenvalue weighted by Gasteiger charge is -2.36. The Morgan fingerprint density at radius 2 is 1.83 bits per heavy atom. The zero-order valence-electron chi connectivity index (χ0n) is 12.4. The summed E-state index contributed by atoms with van der Waals surface area (Å²) in [5.74, 6) is 0. The highest BCUT2D eigenvalue weighted by atomic mass is 14.9. The molecule has 2 aliphatic carbocycles. The fourth-order valence-electron chi connectivity index (χ4n) is 4.01. The van der Waals surface area contributed by atoms with E-state index in [2.05, 4.69) is 19.2 Å². The van der Waals surface area contributed by atoms with Crippen LogP contribution in [0.25, 0.3) is 0 Å². The summed E-state index contributed by atoms with van der Waals surface area (Å²) in [6, 6.07) is 0.762.